The van der Waals surface area contributed by atoms with Gasteiger partial charge in [0.1, 0.15) is 0 Å². The standard InChI is InChI=1S/C31H46N4O2/c1-22(2)17-35-30(37)32(3)21-31(35)15-26-13-14-27(16-31)34(26)19-25-18-33(29(36)24-11-7-8-12-24)20-28(25)23-9-5-4-6-10-23/h4-6,9-10,22,24-28H,7-8,11-21H2,1-3H3/t25-,26?,27?,28-,31?/m1/s1. The Morgan fingerprint density at radius 3 is 2.32 bits per heavy atom. The fraction of sp³-hybridized carbons (Fsp3) is 0.742. The van der Waals surface area contributed by atoms with E-state index in [0.717, 1.165) is 58.4 Å². The molecule has 6 heteroatoms. The van der Waals surface area contributed by atoms with Gasteiger partial charge in [-0.2, -0.15) is 0 Å². The van der Waals surface area contributed by atoms with E-state index >= 15 is 0 Å². The first-order valence-electron chi connectivity index (χ1n) is 15.0. The summed E-state index contributed by atoms with van der Waals surface area (Å²) < 4.78 is 0. The Labute approximate surface area is 223 Å². The average molecular weight is 507 g/mol. The number of likely N-dealkylation sites (tertiary alicyclic amines) is 1. The van der Waals surface area contributed by atoms with Crippen molar-refractivity contribution in [2.45, 2.75) is 88.8 Å². The molecular weight excluding hydrogens is 460 g/mol. The fourth-order valence-electron chi connectivity index (χ4n) is 8.72. The number of carbonyl (C=O) groups excluding carboxylic acids is 2. The van der Waals surface area contributed by atoms with Gasteiger partial charge in [0.25, 0.3) is 0 Å². The first-order valence-corrected chi connectivity index (χ1v) is 15.0. The van der Waals surface area contributed by atoms with Crippen molar-refractivity contribution in [3.8, 4) is 0 Å². The van der Waals surface area contributed by atoms with Gasteiger partial charge < -0.3 is 14.7 Å². The number of urea groups is 1. The monoisotopic (exact) mass is 506 g/mol. The molecule has 202 valence electrons. The molecule has 5 fully saturated rings. The van der Waals surface area contributed by atoms with E-state index in [1.165, 1.54) is 31.2 Å². The third kappa shape index (κ3) is 4.57. The Balaban J connectivity index is 1.20. The summed E-state index contributed by atoms with van der Waals surface area (Å²) in [6.45, 7) is 9.04. The highest BCUT2D eigenvalue weighted by molar-refractivity contribution is 5.79. The molecule has 4 heterocycles. The van der Waals surface area contributed by atoms with Gasteiger partial charge in [0.2, 0.25) is 5.91 Å². The first-order chi connectivity index (χ1) is 17.8. The van der Waals surface area contributed by atoms with Gasteiger partial charge in [-0.15, -0.1) is 0 Å². The second kappa shape index (κ2) is 9.91. The minimum Gasteiger partial charge on any atom is -0.341 e. The summed E-state index contributed by atoms with van der Waals surface area (Å²) in [5.74, 6) is 2.04. The van der Waals surface area contributed by atoms with Crippen LogP contribution < -0.4 is 0 Å². The predicted molar refractivity (Wildman–Crippen MR) is 146 cm³/mol. The normalized spacial score (nSPS) is 34.6. The SMILES string of the molecule is CC(C)CN1C(=O)N(C)CC12CC1CCC(C2)N1C[C@H]1CN(C(=O)C2CCCC2)C[C@@H]1c1ccccc1. The number of hydrogen-bond donors (Lipinski definition) is 0. The minimum atomic E-state index is -0.00256. The molecule has 4 atom stereocenters. The number of likely N-dealkylation sites (N-methyl/N-ethyl adjacent to an activating group) is 1. The van der Waals surface area contributed by atoms with Crippen LogP contribution in [0.25, 0.3) is 0 Å². The lowest BCUT2D eigenvalue weighted by Crippen LogP contribution is -2.59. The number of hydrogen-bond acceptors (Lipinski definition) is 3. The van der Waals surface area contributed by atoms with Crippen molar-refractivity contribution in [1.29, 1.82) is 0 Å². The largest absolute Gasteiger partial charge is 0.341 e. The quantitative estimate of drug-likeness (QED) is 0.556. The Kier molecular flexibility index (Phi) is 6.75. The van der Waals surface area contributed by atoms with Crippen molar-refractivity contribution in [2.75, 3.05) is 39.8 Å². The van der Waals surface area contributed by atoms with Gasteiger partial charge in [0, 0.05) is 63.7 Å². The van der Waals surface area contributed by atoms with Crippen LogP contribution >= 0.6 is 0 Å². The van der Waals surface area contributed by atoms with Gasteiger partial charge >= 0.3 is 6.03 Å². The van der Waals surface area contributed by atoms with Crippen LogP contribution in [0.3, 0.4) is 0 Å². The average Bonchev–Trinajstić information content (AvgIpc) is 3.65. The van der Waals surface area contributed by atoms with Crippen molar-refractivity contribution >= 4 is 11.9 Å². The number of carbonyl (C=O) groups is 2. The second-order valence-electron chi connectivity index (χ2n) is 13.4. The van der Waals surface area contributed by atoms with Gasteiger partial charge in [-0.05, 0) is 55.9 Å². The lowest BCUT2D eigenvalue weighted by Gasteiger charge is -2.49. The molecule has 4 saturated heterocycles. The number of nitrogens with zero attached hydrogens (tertiary/aromatic N) is 4. The van der Waals surface area contributed by atoms with Crippen LogP contribution in [-0.4, -0.2) is 88.9 Å². The first kappa shape index (κ1) is 25.2. The number of amides is 3. The van der Waals surface area contributed by atoms with Crippen molar-refractivity contribution < 1.29 is 9.59 Å². The maximum atomic E-state index is 13.4. The third-order valence-electron chi connectivity index (χ3n) is 10.3. The van der Waals surface area contributed by atoms with Gasteiger partial charge in [-0.3, -0.25) is 9.69 Å². The lowest BCUT2D eigenvalue weighted by molar-refractivity contribution is -0.134. The van der Waals surface area contributed by atoms with Gasteiger partial charge in [-0.1, -0.05) is 57.0 Å². The molecule has 1 aliphatic carbocycles. The summed E-state index contributed by atoms with van der Waals surface area (Å²) in [6, 6.07) is 12.3. The number of rotatable bonds is 6. The Hall–Kier alpha value is -2.08. The molecule has 1 aromatic carbocycles. The van der Waals surface area contributed by atoms with E-state index < -0.39 is 0 Å². The van der Waals surface area contributed by atoms with Crippen molar-refractivity contribution in [1.82, 2.24) is 19.6 Å². The Morgan fingerprint density at radius 1 is 1.00 bits per heavy atom. The van der Waals surface area contributed by atoms with Gasteiger partial charge in [0.05, 0.1) is 5.54 Å². The zero-order valence-electron chi connectivity index (χ0n) is 23.1. The molecule has 1 aromatic rings. The molecular formula is C31H46N4O2. The maximum Gasteiger partial charge on any atom is 0.320 e. The zero-order valence-corrected chi connectivity index (χ0v) is 23.1. The van der Waals surface area contributed by atoms with E-state index in [9.17, 15) is 9.59 Å². The predicted octanol–water partition coefficient (Wildman–Crippen LogP) is 4.81. The Morgan fingerprint density at radius 2 is 1.68 bits per heavy atom. The molecule has 37 heavy (non-hydrogen) atoms. The summed E-state index contributed by atoms with van der Waals surface area (Å²) in [4.78, 5) is 35.8. The van der Waals surface area contributed by atoms with E-state index in [0.29, 0.717) is 35.7 Å². The van der Waals surface area contributed by atoms with Crippen LogP contribution in [0.15, 0.2) is 30.3 Å². The molecule has 4 aliphatic heterocycles. The summed E-state index contributed by atoms with van der Waals surface area (Å²) in [5, 5.41) is 0. The molecule has 6 rings (SSSR count). The third-order valence-corrected chi connectivity index (χ3v) is 10.3. The van der Waals surface area contributed by atoms with E-state index in [2.05, 4.69) is 58.9 Å². The summed E-state index contributed by atoms with van der Waals surface area (Å²) in [7, 11) is 1.98. The smallest absolute Gasteiger partial charge is 0.320 e. The molecule has 6 nitrogen and oxygen atoms in total. The van der Waals surface area contributed by atoms with Crippen LogP contribution in [0.5, 0.6) is 0 Å². The minimum absolute atomic E-state index is 0.00256. The zero-order chi connectivity index (χ0) is 25.7. The highest BCUT2D eigenvalue weighted by Gasteiger charge is 2.57. The van der Waals surface area contributed by atoms with Crippen LogP contribution in [0.1, 0.15) is 76.7 Å². The van der Waals surface area contributed by atoms with E-state index in [-0.39, 0.29) is 17.5 Å². The molecule has 2 bridgehead atoms. The molecule has 1 spiro atoms. The van der Waals surface area contributed by atoms with Crippen molar-refractivity contribution in [3.63, 3.8) is 0 Å². The van der Waals surface area contributed by atoms with Crippen LogP contribution in [0.2, 0.25) is 0 Å². The van der Waals surface area contributed by atoms with Crippen molar-refractivity contribution in [3.05, 3.63) is 35.9 Å². The van der Waals surface area contributed by atoms with Gasteiger partial charge in [-0.25, -0.2) is 4.79 Å². The number of benzene rings is 1. The van der Waals surface area contributed by atoms with E-state index in [1.807, 2.05) is 11.9 Å². The lowest BCUT2D eigenvalue weighted by atomic mass is 9.80. The number of piperidine rings is 1. The highest BCUT2D eigenvalue weighted by atomic mass is 16.2. The fourth-order valence-corrected chi connectivity index (χ4v) is 8.72. The second-order valence-corrected chi connectivity index (χ2v) is 13.4. The summed E-state index contributed by atoms with van der Waals surface area (Å²) in [6.07, 6.45) is 9.25. The molecule has 1 saturated carbocycles. The molecule has 0 radical (unpaired) electrons. The Bertz CT molecular complexity index is 976. The van der Waals surface area contributed by atoms with Crippen LogP contribution in [-0.2, 0) is 4.79 Å². The van der Waals surface area contributed by atoms with E-state index in [4.69, 9.17) is 0 Å². The maximum absolute atomic E-state index is 13.4. The molecule has 2 unspecified atom stereocenters. The topological polar surface area (TPSA) is 47.1 Å². The highest BCUT2D eigenvalue weighted by Crippen LogP contribution is 2.48. The van der Waals surface area contributed by atoms with Crippen molar-refractivity contribution in [2.24, 2.45) is 17.8 Å². The molecule has 0 aromatic heterocycles. The number of fused-ring (bicyclic) bond motifs is 2. The summed E-state index contributed by atoms with van der Waals surface area (Å²) in [5.41, 5.74) is 1.39. The van der Waals surface area contributed by atoms with Crippen LogP contribution in [0, 0.1) is 17.8 Å². The summed E-state index contributed by atoms with van der Waals surface area (Å²) >= 11 is 0. The van der Waals surface area contributed by atoms with E-state index in [1.54, 1.807) is 0 Å². The molecule has 3 amide bonds. The van der Waals surface area contributed by atoms with Gasteiger partial charge in [0.15, 0.2) is 0 Å². The van der Waals surface area contributed by atoms with Crippen LogP contribution in [0.4, 0.5) is 4.79 Å². The molecule has 5 aliphatic rings. The molecule has 0 N–H and O–H groups in total.